The van der Waals surface area contributed by atoms with Gasteiger partial charge in [-0.15, -0.1) is 6.58 Å². The minimum Gasteiger partial charge on any atom is -0.394 e. The Morgan fingerprint density at radius 1 is 1.73 bits per heavy atom. The van der Waals surface area contributed by atoms with Crippen LogP contribution in [0.2, 0.25) is 0 Å². The van der Waals surface area contributed by atoms with Crippen molar-refractivity contribution in [3.05, 3.63) is 12.7 Å². The van der Waals surface area contributed by atoms with Crippen LogP contribution >= 0.6 is 0 Å². The van der Waals surface area contributed by atoms with Crippen LogP contribution in [0.5, 0.6) is 0 Å². The van der Waals surface area contributed by atoms with E-state index in [-0.39, 0.29) is 12.1 Å². The summed E-state index contributed by atoms with van der Waals surface area (Å²) < 4.78 is 0. The van der Waals surface area contributed by atoms with Gasteiger partial charge in [0, 0.05) is 12.1 Å². The Morgan fingerprint density at radius 3 is 3.00 bits per heavy atom. The predicted octanol–water partition coefficient (Wildman–Crippen LogP) is 1.02. The summed E-state index contributed by atoms with van der Waals surface area (Å²) in [6.45, 7) is 8.08. The van der Waals surface area contributed by atoms with Crippen molar-refractivity contribution in [3.63, 3.8) is 0 Å². The maximum atomic E-state index is 9.15. The number of nitrogens with zero attached hydrogens (tertiary/aromatic N) is 1. The molecule has 1 rings (SSSR count). The highest BCUT2D eigenvalue weighted by Gasteiger charge is 2.34. The summed E-state index contributed by atoms with van der Waals surface area (Å²) in [5, 5.41) is 9.15. The molecule has 1 N–H and O–H groups in total. The van der Waals surface area contributed by atoms with Gasteiger partial charge in [-0.05, 0) is 26.3 Å². The minimum absolute atomic E-state index is 0.0220. The van der Waals surface area contributed by atoms with Crippen LogP contribution in [0.15, 0.2) is 12.7 Å². The van der Waals surface area contributed by atoms with E-state index in [1.54, 1.807) is 0 Å². The predicted molar refractivity (Wildman–Crippen MR) is 46.5 cm³/mol. The quantitative estimate of drug-likeness (QED) is 0.615. The Morgan fingerprint density at radius 2 is 2.45 bits per heavy atom. The molecular weight excluding hydrogens is 138 g/mol. The summed E-state index contributed by atoms with van der Waals surface area (Å²) in [4.78, 5) is 2.29. The van der Waals surface area contributed by atoms with Crippen molar-refractivity contribution in [2.24, 2.45) is 0 Å². The third-order valence-corrected chi connectivity index (χ3v) is 2.60. The average molecular weight is 155 g/mol. The van der Waals surface area contributed by atoms with Gasteiger partial charge in [-0.1, -0.05) is 6.08 Å². The molecule has 2 nitrogen and oxygen atoms in total. The highest BCUT2D eigenvalue weighted by atomic mass is 16.3. The summed E-state index contributed by atoms with van der Waals surface area (Å²) in [5.41, 5.74) is 0.0220. The molecule has 0 saturated carbocycles. The van der Waals surface area contributed by atoms with Crippen molar-refractivity contribution in [3.8, 4) is 0 Å². The zero-order chi connectivity index (χ0) is 8.32. The molecule has 11 heavy (non-hydrogen) atoms. The molecule has 1 saturated heterocycles. The Labute approximate surface area is 68.5 Å². The van der Waals surface area contributed by atoms with E-state index in [9.17, 15) is 0 Å². The second kappa shape index (κ2) is 3.37. The number of rotatable bonds is 3. The summed E-state index contributed by atoms with van der Waals surface area (Å²) in [6.07, 6.45) is 4.21. The van der Waals surface area contributed by atoms with E-state index in [0.29, 0.717) is 0 Å². The fourth-order valence-electron chi connectivity index (χ4n) is 1.73. The van der Waals surface area contributed by atoms with E-state index in [4.69, 9.17) is 5.11 Å². The number of aliphatic hydroxyl groups is 1. The van der Waals surface area contributed by atoms with Gasteiger partial charge in [-0.3, -0.25) is 4.90 Å². The van der Waals surface area contributed by atoms with Gasteiger partial charge in [0.25, 0.3) is 0 Å². The molecule has 0 bridgehead atoms. The second-order valence-corrected chi connectivity index (χ2v) is 3.49. The molecule has 1 atom stereocenters. The topological polar surface area (TPSA) is 23.5 Å². The standard InChI is InChI=1S/C9H17NO/c1-3-6-10-7-4-5-9(10,2)8-11/h3,11H,1,4-8H2,2H3/t9-/m1/s1. The lowest BCUT2D eigenvalue weighted by atomic mass is 10.0. The normalized spacial score (nSPS) is 32.5. The van der Waals surface area contributed by atoms with Gasteiger partial charge < -0.3 is 5.11 Å². The Balaban J connectivity index is 2.56. The molecule has 1 fully saturated rings. The van der Waals surface area contributed by atoms with Crippen molar-refractivity contribution >= 4 is 0 Å². The average Bonchev–Trinajstić information content (AvgIpc) is 2.35. The van der Waals surface area contributed by atoms with Gasteiger partial charge in [0.05, 0.1) is 6.61 Å². The monoisotopic (exact) mass is 155 g/mol. The second-order valence-electron chi connectivity index (χ2n) is 3.49. The van der Waals surface area contributed by atoms with Crippen LogP contribution in [0.25, 0.3) is 0 Å². The van der Waals surface area contributed by atoms with E-state index in [0.717, 1.165) is 19.5 Å². The summed E-state index contributed by atoms with van der Waals surface area (Å²) in [7, 11) is 0. The summed E-state index contributed by atoms with van der Waals surface area (Å²) in [5.74, 6) is 0. The molecule has 0 aromatic heterocycles. The highest BCUT2D eigenvalue weighted by molar-refractivity contribution is 4.94. The van der Waals surface area contributed by atoms with Crippen LogP contribution in [0, 0.1) is 0 Å². The largest absolute Gasteiger partial charge is 0.394 e. The SMILES string of the molecule is C=CCN1CCC[C@]1(C)CO. The maximum Gasteiger partial charge on any atom is 0.0612 e. The van der Waals surface area contributed by atoms with Gasteiger partial charge in [-0.25, -0.2) is 0 Å². The first-order valence-corrected chi connectivity index (χ1v) is 4.20. The van der Waals surface area contributed by atoms with Crippen LogP contribution in [0.3, 0.4) is 0 Å². The van der Waals surface area contributed by atoms with Gasteiger partial charge in [-0.2, -0.15) is 0 Å². The Kier molecular flexibility index (Phi) is 2.68. The zero-order valence-corrected chi connectivity index (χ0v) is 7.21. The zero-order valence-electron chi connectivity index (χ0n) is 7.21. The van der Waals surface area contributed by atoms with E-state index < -0.39 is 0 Å². The smallest absolute Gasteiger partial charge is 0.0612 e. The Bertz CT molecular complexity index is 146. The molecule has 0 amide bonds. The fraction of sp³-hybridized carbons (Fsp3) is 0.778. The molecule has 0 aliphatic carbocycles. The van der Waals surface area contributed by atoms with Crippen molar-refractivity contribution in [1.29, 1.82) is 0 Å². The molecule has 0 aromatic carbocycles. The number of hydrogen-bond donors (Lipinski definition) is 1. The van der Waals surface area contributed by atoms with Crippen molar-refractivity contribution < 1.29 is 5.11 Å². The van der Waals surface area contributed by atoms with Gasteiger partial charge in [0.2, 0.25) is 0 Å². The van der Waals surface area contributed by atoms with E-state index >= 15 is 0 Å². The molecular formula is C9H17NO. The summed E-state index contributed by atoms with van der Waals surface area (Å²) in [6, 6.07) is 0. The molecule has 0 aromatic rings. The van der Waals surface area contributed by atoms with Crippen LogP contribution in [-0.4, -0.2) is 35.2 Å². The third-order valence-electron chi connectivity index (χ3n) is 2.60. The Hall–Kier alpha value is -0.340. The van der Waals surface area contributed by atoms with Crippen molar-refractivity contribution in [1.82, 2.24) is 4.90 Å². The van der Waals surface area contributed by atoms with E-state index in [1.165, 1.54) is 6.42 Å². The molecule has 0 unspecified atom stereocenters. The first-order chi connectivity index (χ1) is 5.23. The van der Waals surface area contributed by atoms with Gasteiger partial charge in [0.15, 0.2) is 0 Å². The maximum absolute atomic E-state index is 9.15. The first kappa shape index (κ1) is 8.75. The van der Waals surface area contributed by atoms with Crippen LogP contribution in [0.4, 0.5) is 0 Å². The van der Waals surface area contributed by atoms with Gasteiger partial charge >= 0.3 is 0 Å². The third kappa shape index (κ3) is 1.63. The number of hydrogen-bond acceptors (Lipinski definition) is 2. The van der Waals surface area contributed by atoms with Crippen LogP contribution in [0.1, 0.15) is 19.8 Å². The highest BCUT2D eigenvalue weighted by Crippen LogP contribution is 2.27. The fourth-order valence-corrected chi connectivity index (χ4v) is 1.73. The van der Waals surface area contributed by atoms with E-state index in [2.05, 4.69) is 18.4 Å². The molecule has 64 valence electrons. The molecule has 1 heterocycles. The molecule has 2 heteroatoms. The molecule has 0 radical (unpaired) electrons. The van der Waals surface area contributed by atoms with E-state index in [1.807, 2.05) is 6.08 Å². The first-order valence-electron chi connectivity index (χ1n) is 4.20. The summed E-state index contributed by atoms with van der Waals surface area (Å²) >= 11 is 0. The minimum atomic E-state index is 0.0220. The molecule has 1 aliphatic heterocycles. The lowest BCUT2D eigenvalue weighted by molar-refractivity contribution is 0.0886. The van der Waals surface area contributed by atoms with Gasteiger partial charge in [0.1, 0.15) is 0 Å². The van der Waals surface area contributed by atoms with Crippen molar-refractivity contribution in [2.75, 3.05) is 19.7 Å². The number of aliphatic hydroxyl groups excluding tert-OH is 1. The number of likely N-dealkylation sites (tertiary alicyclic amines) is 1. The van der Waals surface area contributed by atoms with Crippen molar-refractivity contribution in [2.45, 2.75) is 25.3 Å². The molecule has 1 aliphatic rings. The van der Waals surface area contributed by atoms with Crippen LogP contribution < -0.4 is 0 Å². The lowest BCUT2D eigenvalue weighted by Crippen LogP contribution is -2.44. The lowest BCUT2D eigenvalue weighted by Gasteiger charge is -2.32. The van der Waals surface area contributed by atoms with Crippen LogP contribution in [-0.2, 0) is 0 Å². The molecule has 0 spiro atoms.